The standard InChI is InChI=1S/C14H23NO3/c1-2-3-4-9-18-12-7-5-11(6-8-12)14(17)13(16)10-15/h5-8,13-14,16-17H,2-4,9-10,15H2,1H3. The fourth-order valence-corrected chi connectivity index (χ4v) is 1.65. The van der Waals surface area contributed by atoms with Crippen LogP contribution in [0.15, 0.2) is 24.3 Å². The molecule has 0 aliphatic carbocycles. The first-order valence-corrected chi connectivity index (χ1v) is 6.48. The molecule has 4 heteroatoms. The first-order valence-electron chi connectivity index (χ1n) is 6.48. The van der Waals surface area contributed by atoms with Crippen molar-refractivity contribution in [3.63, 3.8) is 0 Å². The number of aliphatic hydroxyl groups is 2. The number of nitrogens with two attached hydrogens (primary N) is 1. The molecule has 1 aromatic rings. The van der Waals surface area contributed by atoms with Gasteiger partial charge in [-0.05, 0) is 24.1 Å². The van der Waals surface area contributed by atoms with E-state index < -0.39 is 12.2 Å². The van der Waals surface area contributed by atoms with E-state index in [1.54, 1.807) is 24.3 Å². The van der Waals surface area contributed by atoms with E-state index in [1.165, 1.54) is 12.8 Å². The van der Waals surface area contributed by atoms with Crippen molar-refractivity contribution in [2.24, 2.45) is 5.73 Å². The SMILES string of the molecule is CCCCCOc1ccc(C(O)C(O)CN)cc1. The van der Waals surface area contributed by atoms with Crippen molar-refractivity contribution < 1.29 is 14.9 Å². The number of rotatable bonds is 8. The average molecular weight is 253 g/mol. The summed E-state index contributed by atoms with van der Waals surface area (Å²) < 4.78 is 5.56. The van der Waals surface area contributed by atoms with Crippen LogP contribution in [0.1, 0.15) is 37.9 Å². The summed E-state index contributed by atoms with van der Waals surface area (Å²) in [6.07, 6.45) is 1.52. The predicted molar refractivity (Wildman–Crippen MR) is 71.5 cm³/mol. The number of hydrogen-bond acceptors (Lipinski definition) is 4. The maximum absolute atomic E-state index is 9.76. The topological polar surface area (TPSA) is 75.7 Å². The number of benzene rings is 1. The van der Waals surface area contributed by atoms with E-state index in [0.29, 0.717) is 12.2 Å². The third-order valence-electron chi connectivity index (χ3n) is 2.84. The molecule has 1 aromatic carbocycles. The molecule has 2 atom stereocenters. The molecule has 0 bridgehead atoms. The van der Waals surface area contributed by atoms with Gasteiger partial charge in [0, 0.05) is 6.54 Å². The largest absolute Gasteiger partial charge is 0.494 e. The minimum atomic E-state index is -0.941. The smallest absolute Gasteiger partial charge is 0.119 e. The van der Waals surface area contributed by atoms with Crippen molar-refractivity contribution in [2.75, 3.05) is 13.2 Å². The summed E-state index contributed by atoms with van der Waals surface area (Å²) in [4.78, 5) is 0. The maximum atomic E-state index is 9.76. The molecule has 0 heterocycles. The maximum Gasteiger partial charge on any atom is 0.119 e. The lowest BCUT2D eigenvalue weighted by molar-refractivity contribution is 0.0243. The first kappa shape index (κ1) is 15.0. The average Bonchev–Trinajstić information content (AvgIpc) is 2.42. The van der Waals surface area contributed by atoms with Crippen LogP contribution in [-0.4, -0.2) is 29.5 Å². The molecule has 0 aliphatic heterocycles. The van der Waals surface area contributed by atoms with Gasteiger partial charge in [0.05, 0.1) is 12.7 Å². The zero-order valence-corrected chi connectivity index (χ0v) is 10.9. The molecule has 4 N–H and O–H groups in total. The van der Waals surface area contributed by atoms with Crippen molar-refractivity contribution in [2.45, 2.75) is 38.4 Å². The van der Waals surface area contributed by atoms with Crippen molar-refractivity contribution in [3.05, 3.63) is 29.8 Å². The minimum Gasteiger partial charge on any atom is -0.494 e. The summed E-state index contributed by atoms with van der Waals surface area (Å²) in [6.45, 7) is 2.90. The van der Waals surface area contributed by atoms with Crippen molar-refractivity contribution in [3.8, 4) is 5.75 Å². The van der Waals surface area contributed by atoms with Crippen molar-refractivity contribution in [1.82, 2.24) is 0 Å². The summed E-state index contributed by atoms with van der Waals surface area (Å²) in [7, 11) is 0. The molecule has 0 fully saturated rings. The molecule has 0 aliphatic rings. The Morgan fingerprint density at radius 2 is 1.83 bits per heavy atom. The molecule has 0 radical (unpaired) electrons. The third kappa shape index (κ3) is 4.64. The monoisotopic (exact) mass is 253 g/mol. The first-order chi connectivity index (χ1) is 8.69. The van der Waals surface area contributed by atoms with E-state index in [9.17, 15) is 10.2 Å². The van der Waals surface area contributed by atoms with Crippen LogP contribution in [0, 0.1) is 0 Å². The highest BCUT2D eigenvalue weighted by molar-refractivity contribution is 5.29. The van der Waals surface area contributed by atoms with E-state index in [4.69, 9.17) is 10.5 Å². The summed E-state index contributed by atoms with van der Waals surface area (Å²) >= 11 is 0. The Kier molecular flexibility index (Phi) is 6.72. The molecular formula is C14H23NO3. The second-order valence-corrected chi connectivity index (χ2v) is 4.37. The Labute approximate surface area is 108 Å². The quantitative estimate of drug-likeness (QED) is 0.615. The van der Waals surface area contributed by atoms with Gasteiger partial charge in [-0.3, -0.25) is 0 Å². The Balaban J connectivity index is 2.47. The molecule has 0 aromatic heterocycles. The Bertz CT molecular complexity index is 326. The van der Waals surface area contributed by atoms with Gasteiger partial charge in [0.25, 0.3) is 0 Å². The highest BCUT2D eigenvalue weighted by Gasteiger charge is 2.16. The molecule has 1 rings (SSSR count). The van der Waals surface area contributed by atoms with Crippen LogP contribution in [0.3, 0.4) is 0 Å². The Hall–Kier alpha value is -1.10. The zero-order valence-electron chi connectivity index (χ0n) is 10.9. The molecule has 0 spiro atoms. The van der Waals surface area contributed by atoms with Gasteiger partial charge in [0.2, 0.25) is 0 Å². The number of aliphatic hydroxyl groups excluding tert-OH is 2. The molecule has 18 heavy (non-hydrogen) atoms. The number of hydrogen-bond donors (Lipinski definition) is 3. The second kappa shape index (κ2) is 8.08. The second-order valence-electron chi connectivity index (χ2n) is 4.37. The van der Waals surface area contributed by atoms with E-state index in [-0.39, 0.29) is 6.54 Å². The number of ether oxygens (including phenoxy) is 1. The van der Waals surface area contributed by atoms with E-state index in [0.717, 1.165) is 12.2 Å². The fraction of sp³-hybridized carbons (Fsp3) is 0.571. The summed E-state index contributed by atoms with van der Waals surface area (Å²) in [5.74, 6) is 0.782. The van der Waals surface area contributed by atoms with E-state index >= 15 is 0 Å². The van der Waals surface area contributed by atoms with Crippen LogP contribution in [0.5, 0.6) is 5.75 Å². The van der Waals surface area contributed by atoms with Gasteiger partial charge in [0.15, 0.2) is 0 Å². The van der Waals surface area contributed by atoms with Gasteiger partial charge in [-0.25, -0.2) is 0 Å². The molecule has 0 amide bonds. The lowest BCUT2D eigenvalue weighted by Gasteiger charge is -2.16. The predicted octanol–water partition coefficient (Wildman–Crippen LogP) is 1.61. The van der Waals surface area contributed by atoms with Gasteiger partial charge in [-0.15, -0.1) is 0 Å². The summed E-state index contributed by atoms with van der Waals surface area (Å²) in [5.41, 5.74) is 5.95. The lowest BCUT2D eigenvalue weighted by Crippen LogP contribution is -2.27. The van der Waals surface area contributed by atoms with E-state index in [2.05, 4.69) is 6.92 Å². The highest BCUT2D eigenvalue weighted by Crippen LogP contribution is 2.20. The highest BCUT2D eigenvalue weighted by atomic mass is 16.5. The summed E-state index contributed by atoms with van der Waals surface area (Å²) in [6, 6.07) is 7.10. The molecule has 2 unspecified atom stereocenters. The minimum absolute atomic E-state index is 0.0381. The molecular weight excluding hydrogens is 230 g/mol. The molecule has 0 saturated carbocycles. The zero-order chi connectivity index (χ0) is 13.4. The van der Waals surface area contributed by atoms with Crippen LogP contribution in [0.2, 0.25) is 0 Å². The van der Waals surface area contributed by atoms with Crippen LogP contribution < -0.4 is 10.5 Å². The fourth-order valence-electron chi connectivity index (χ4n) is 1.65. The van der Waals surface area contributed by atoms with Crippen LogP contribution in [-0.2, 0) is 0 Å². The van der Waals surface area contributed by atoms with Gasteiger partial charge >= 0.3 is 0 Å². The molecule has 0 saturated heterocycles. The van der Waals surface area contributed by atoms with Crippen LogP contribution in [0.4, 0.5) is 0 Å². The summed E-state index contributed by atoms with van der Waals surface area (Å²) in [5, 5.41) is 19.2. The van der Waals surface area contributed by atoms with Gasteiger partial charge in [0.1, 0.15) is 11.9 Å². The number of unbranched alkanes of at least 4 members (excludes halogenated alkanes) is 2. The van der Waals surface area contributed by atoms with Gasteiger partial charge < -0.3 is 20.7 Å². The van der Waals surface area contributed by atoms with Crippen molar-refractivity contribution in [1.29, 1.82) is 0 Å². The third-order valence-corrected chi connectivity index (χ3v) is 2.84. The Morgan fingerprint density at radius 3 is 2.39 bits per heavy atom. The normalized spacial score (nSPS) is 14.2. The van der Waals surface area contributed by atoms with Gasteiger partial charge in [-0.2, -0.15) is 0 Å². The van der Waals surface area contributed by atoms with Gasteiger partial charge in [-0.1, -0.05) is 31.9 Å². The molecule has 102 valence electrons. The van der Waals surface area contributed by atoms with Crippen LogP contribution in [0.25, 0.3) is 0 Å². The lowest BCUT2D eigenvalue weighted by atomic mass is 10.0. The Morgan fingerprint density at radius 1 is 1.17 bits per heavy atom. The van der Waals surface area contributed by atoms with Crippen molar-refractivity contribution >= 4 is 0 Å². The molecule has 4 nitrogen and oxygen atoms in total. The van der Waals surface area contributed by atoms with E-state index in [1.807, 2.05) is 0 Å². The van der Waals surface area contributed by atoms with Crippen LogP contribution >= 0.6 is 0 Å².